The molecule has 0 spiro atoms. The second kappa shape index (κ2) is 7.13. The maximum absolute atomic E-state index is 12.0. The zero-order valence-corrected chi connectivity index (χ0v) is 12.8. The Kier molecular flexibility index (Phi) is 4.56. The number of hydrogen-bond acceptors (Lipinski definition) is 6. The van der Waals surface area contributed by atoms with Crippen molar-refractivity contribution in [3.63, 3.8) is 0 Å². The molecule has 0 unspecified atom stereocenters. The first-order chi connectivity index (χ1) is 12.1. The summed E-state index contributed by atoms with van der Waals surface area (Å²) in [7, 11) is 0. The van der Waals surface area contributed by atoms with E-state index in [0.29, 0.717) is 11.3 Å². The van der Waals surface area contributed by atoms with Crippen molar-refractivity contribution < 1.29 is 9.72 Å². The average molecular weight is 336 g/mol. The Morgan fingerprint density at radius 2 is 1.92 bits per heavy atom. The number of nitrogens with one attached hydrogen (secondary N) is 1. The van der Waals surface area contributed by atoms with Crippen molar-refractivity contribution in [2.24, 2.45) is 0 Å². The third-order valence-corrected chi connectivity index (χ3v) is 3.30. The van der Waals surface area contributed by atoms with Crippen LogP contribution in [0.5, 0.6) is 0 Å². The Hall–Kier alpha value is -3.88. The monoisotopic (exact) mass is 336 g/mol. The topological polar surface area (TPSA) is 116 Å². The first kappa shape index (κ1) is 16.0. The SMILES string of the molecule is O=C(/C=C/c1ccccc1[N+](=O)[O-])Nc1ccc(-n2cnnn2)cc1. The van der Waals surface area contributed by atoms with Crippen molar-refractivity contribution in [2.45, 2.75) is 0 Å². The van der Waals surface area contributed by atoms with Gasteiger partial charge in [0.15, 0.2) is 0 Å². The number of rotatable bonds is 5. The molecule has 9 heteroatoms. The van der Waals surface area contributed by atoms with Gasteiger partial charge in [0.05, 0.1) is 16.2 Å². The van der Waals surface area contributed by atoms with Gasteiger partial charge in [0.25, 0.3) is 5.69 Å². The molecule has 0 radical (unpaired) electrons. The quantitative estimate of drug-likeness (QED) is 0.434. The largest absolute Gasteiger partial charge is 0.323 e. The number of carbonyl (C=O) groups excluding carboxylic acids is 1. The van der Waals surface area contributed by atoms with Crippen LogP contribution >= 0.6 is 0 Å². The van der Waals surface area contributed by atoms with E-state index in [1.807, 2.05) is 0 Å². The smallest absolute Gasteiger partial charge is 0.276 e. The summed E-state index contributed by atoms with van der Waals surface area (Å²) in [6.07, 6.45) is 4.11. The van der Waals surface area contributed by atoms with Crippen LogP contribution in [0.15, 0.2) is 60.9 Å². The number of hydrogen-bond donors (Lipinski definition) is 1. The fourth-order valence-electron chi connectivity index (χ4n) is 2.12. The molecular formula is C16H12N6O3. The van der Waals surface area contributed by atoms with Crippen LogP contribution < -0.4 is 5.32 Å². The van der Waals surface area contributed by atoms with Gasteiger partial charge in [-0.25, -0.2) is 4.68 Å². The van der Waals surface area contributed by atoms with Gasteiger partial charge in [0.2, 0.25) is 5.91 Å². The van der Waals surface area contributed by atoms with Crippen molar-refractivity contribution >= 4 is 23.4 Å². The van der Waals surface area contributed by atoms with Crippen LogP contribution in [0.3, 0.4) is 0 Å². The molecule has 0 saturated heterocycles. The summed E-state index contributed by atoms with van der Waals surface area (Å²) in [6, 6.07) is 13.1. The molecule has 9 nitrogen and oxygen atoms in total. The lowest BCUT2D eigenvalue weighted by molar-refractivity contribution is -0.385. The number of carbonyl (C=O) groups is 1. The van der Waals surface area contributed by atoms with Crippen molar-refractivity contribution in [3.05, 3.63) is 76.6 Å². The van der Waals surface area contributed by atoms with Gasteiger partial charge in [-0.2, -0.15) is 0 Å². The van der Waals surface area contributed by atoms with Gasteiger partial charge >= 0.3 is 0 Å². The Labute approximate surface area is 141 Å². The number of nitro benzene ring substituents is 1. The van der Waals surface area contributed by atoms with E-state index < -0.39 is 10.8 Å². The fourth-order valence-corrected chi connectivity index (χ4v) is 2.12. The van der Waals surface area contributed by atoms with Gasteiger partial charge in [-0.1, -0.05) is 12.1 Å². The lowest BCUT2D eigenvalue weighted by atomic mass is 10.1. The molecule has 124 valence electrons. The van der Waals surface area contributed by atoms with Crippen LogP contribution in [0.4, 0.5) is 11.4 Å². The maximum Gasteiger partial charge on any atom is 0.276 e. The Morgan fingerprint density at radius 1 is 1.16 bits per heavy atom. The van der Waals surface area contributed by atoms with Crippen molar-refractivity contribution in [1.29, 1.82) is 0 Å². The van der Waals surface area contributed by atoms with E-state index in [4.69, 9.17) is 0 Å². The molecule has 0 bridgehead atoms. The van der Waals surface area contributed by atoms with Crippen molar-refractivity contribution in [3.8, 4) is 5.69 Å². The van der Waals surface area contributed by atoms with Crippen LogP contribution in [0.1, 0.15) is 5.56 Å². The van der Waals surface area contributed by atoms with E-state index in [-0.39, 0.29) is 5.69 Å². The lowest BCUT2D eigenvalue weighted by Crippen LogP contribution is -2.08. The van der Waals surface area contributed by atoms with Gasteiger partial charge < -0.3 is 5.32 Å². The summed E-state index contributed by atoms with van der Waals surface area (Å²) in [6.45, 7) is 0. The van der Waals surface area contributed by atoms with E-state index in [2.05, 4.69) is 20.8 Å². The molecule has 0 aliphatic rings. The van der Waals surface area contributed by atoms with Gasteiger partial charge in [0, 0.05) is 17.8 Å². The molecule has 1 N–H and O–H groups in total. The summed E-state index contributed by atoms with van der Waals surface area (Å²) in [4.78, 5) is 22.4. The number of nitro groups is 1. The summed E-state index contributed by atoms with van der Waals surface area (Å²) < 4.78 is 1.49. The van der Waals surface area contributed by atoms with Gasteiger partial charge in [-0.3, -0.25) is 14.9 Å². The summed E-state index contributed by atoms with van der Waals surface area (Å²) in [5.74, 6) is -0.395. The number of aromatic nitrogens is 4. The molecule has 1 aromatic heterocycles. The lowest BCUT2D eigenvalue weighted by Gasteiger charge is -2.04. The average Bonchev–Trinajstić information content (AvgIpc) is 3.15. The minimum atomic E-state index is -0.491. The number of tetrazole rings is 1. The number of para-hydroxylation sites is 1. The summed E-state index contributed by atoms with van der Waals surface area (Å²) in [5, 5.41) is 24.5. The van der Waals surface area contributed by atoms with Crippen LogP contribution in [0.2, 0.25) is 0 Å². The molecule has 25 heavy (non-hydrogen) atoms. The van der Waals surface area contributed by atoms with E-state index in [1.165, 1.54) is 29.2 Å². The third kappa shape index (κ3) is 3.91. The number of amides is 1. The van der Waals surface area contributed by atoms with Crippen LogP contribution in [-0.2, 0) is 4.79 Å². The predicted octanol–water partition coefficient (Wildman–Crippen LogP) is 2.22. The molecule has 2 aromatic carbocycles. The fraction of sp³-hybridized carbons (Fsp3) is 0. The Bertz CT molecular complexity index is 919. The second-order valence-corrected chi connectivity index (χ2v) is 4.94. The molecule has 1 heterocycles. The summed E-state index contributed by atoms with van der Waals surface area (Å²) in [5.41, 5.74) is 1.63. The minimum Gasteiger partial charge on any atom is -0.323 e. The molecule has 3 aromatic rings. The van der Waals surface area contributed by atoms with Gasteiger partial charge in [-0.15, -0.1) is 5.10 Å². The molecular weight excluding hydrogens is 324 g/mol. The molecule has 0 fully saturated rings. The highest BCUT2D eigenvalue weighted by Crippen LogP contribution is 2.19. The van der Waals surface area contributed by atoms with Crippen LogP contribution in [0, 0.1) is 10.1 Å². The molecule has 0 saturated carbocycles. The Balaban J connectivity index is 1.68. The highest BCUT2D eigenvalue weighted by Gasteiger charge is 2.09. The normalized spacial score (nSPS) is 10.7. The molecule has 3 rings (SSSR count). The summed E-state index contributed by atoms with van der Waals surface area (Å²) >= 11 is 0. The maximum atomic E-state index is 12.0. The second-order valence-electron chi connectivity index (χ2n) is 4.94. The van der Waals surface area contributed by atoms with E-state index >= 15 is 0 Å². The number of anilines is 1. The van der Waals surface area contributed by atoms with Crippen molar-refractivity contribution in [1.82, 2.24) is 20.2 Å². The minimum absolute atomic E-state index is 0.0580. The van der Waals surface area contributed by atoms with Gasteiger partial charge in [0.1, 0.15) is 6.33 Å². The molecule has 1 amide bonds. The number of benzene rings is 2. The van der Waals surface area contributed by atoms with E-state index in [1.54, 1.807) is 42.5 Å². The first-order valence-corrected chi connectivity index (χ1v) is 7.19. The van der Waals surface area contributed by atoms with Crippen molar-refractivity contribution in [2.75, 3.05) is 5.32 Å². The highest BCUT2D eigenvalue weighted by atomic mass is 16.6. The Morgan fingerprint density at radius 3 is 2.60 bits per heavy atom. The number of nitrogens with zero attached hydrogens (tertiary/aromatic N) is 5. The van der Waals surface area contributed by atoms with Gasteiger partial charge in [-0.05, 0) is 46.8 Å². The molecule has 0 aliphatic carbocycles. The molecule has 0 aliphatic heterocycles. The predicted molar refractivity (Wildman–Crippen MR) is 89.9 cm³/mol. The van der Waals surface area contributed by atoms with Crippen LogP contribution in [-0.4, -0.2) is 31.0 Å². The van der Waals surface area contributed by atoms with E-state index in [9.17, 15) is 14.9 Å². The zero-order chi connectivity index (χ0) is 17.6. The standard InChI is InChI=1S/C16H12N6O3/c23-16(10-5-12-3-1-2-4-15(12)22(24)25)18-13-6-8-14(9-7-13)21-11-17-19-20-21/h1-11H,(H,18,23)/b10-5+. The third-order valence-electron chi connectivity index (χ3n) is 3.30. The van der Waals surface area contributed by atoms with E-state index in [0.717, 1.165) is 5.69 Å². The zero-order valence-electron chi connectivity index (χ0n) is 12.8. The highest BCUT2D eigenvalue weighted by molar-refractivity contribution is 6.02. The first-order valence-electron chi connectivity index (χ1n) is 7.19. The van der Waals surface area contributed by atoms with Crippen LogP contribution in [0.25, 0.3) is 11.8 Å². The molecule has 0 atom stereocenters.